The highest BCUT2D eigenvalue weighted by atomic mass is 33.1. The van der Waals surface area contributed by atoms with Crippen molar-refractivity contribution in [2.24, 2.45) is 11.5 Å². The number of aliphatic carboxylic acids is 1. The molecule has 1 aromatic heterocycles. The number of aliphatic hydroxyl groups excluding tert-OH is 1. The fourth-order valence-corrected chi connectivity index (χ4v) is 9.30. The van der Waals surface area contributed by atoms with Crippen LogP contribution in [0.1, 0.15) is 29.8 Å². The van der Waals surface area contributed by atoms with Gasteiger partial charge >= 0.3 is 11.7 Å². The number of aliphatic hydroxyl groups is 1. The Balaban J connectivity index is 1.67. The summed E-state index contributed by atoms with van der Waals surface area (Å²) in [7, 11) is 1.95. The predicted molar refractivity (Wildman–Crippen MR) is 231 cm³/mol. The van der Waals surface area contributed by atoms with Crippen LogP contribution in [-0.4, -0.2) is 163 Å². The summed E-state index contributed by atoms with van der Waals surface area (Å²) in [6.07, 6.45) is -2.36. The maximum absolute atomic E-state index is 13.6. The van der Waals surface area contributed by atoms with Crippen molar-refractivity contribution >= 4 is 97.7 Å². The van der Waals surface area contributed by atoms with Crippen molar-refractivity contribution in [3.05, 3.63) is 50.5 Å². The Labute approximate surface area is 385 Å². The number of hydrogen-bond donors (Lipinski definition) is 12. The number of benzene rings is 1. The third-order valence-corrected chi connectivity index (χ3v) is 12.8. The number of hydrogen-bond acceptors (Lipinski definition) is 19. The van der Waals surface area contributed by atoms with Crippen molar-refractivity contribution in [2.45, 2.75) is 74.6 Å². The second kappa shape index (κ2) is 24.6. The Hall–Kier alpha value is -6.63. The minimum Gasteiger partial charge on any atom is -0.502 e. The molecule has 1 aromatic carbocycles. The Morgan fingerprint density at radius 2 is 1.55 bits per heavy atom. The van der Waals surface area contributed by atoms with Crippen LogP contribution in [0, 0.1) is 10.1 Å². The number of nitrogens with two attached hydrogens (primary N) is 2. The first-order valence-corrected chi connectivity index (χ1v) is 22.9. The van der Waals surface area contributed by atoms with Gasteiger partial charge in [0.05, 0.1) is 43.0 Å². The number of carboxylic acids is 1. The molecule has 2 aromatic rings. The first-order valence-electron chi connectivity index (χ1n) is 19.6. The number of carboxylic acid groups (broad SMARTS) is 1. The third kappa shape index (κ3) is 15.8. The van der Waals surface area contributed by atoms with E-state index in [-0.39, 0.29) is 30.0 Å². The number of rotatable bonds is 11. The van der Waals surface area contributed by atoms with E-state index in [9.17, 15) is 73.4 Å². The second-order valence-electron chi connectivity index (χ2n) is 14.6. The largest absolute Gasteiger partial charge is 0.502 e. The lowest BCUT2D eigenvalue weighted by Crippen LogP contribution is -2.58. The molecule has 4 rings (SSSR count). The highest BCUT2D eigenvalue weighted by Gasteiger charge is 2.41. The van der Waals surface area contributed by atoms with E-state index in [0.29, 0.717) is 5.01 Å². The number of aromatic hydroxyl groups is 1. The number of fused-ring (bicyclic) bond motifs is 1. The molecule has 0 radical (unpaired) electrons. The number of carbonyl (C=O) groups is 10. The quantitative estimate of drug-likeness (QED) is 0.0569. The number of thiazole rings is 1. The summed E-state index contributed by atoms with van der Waals surface area (Å²) in [6.45, 7) is -2.16. The van der Waals surface area contributed by atoms with Crippen molar-refractivity contribution in [2.75, 3.05) is 31.1 Å². The maximum atomic E-state index is 13.6. The molecule has 2 aliphatic heterocycles. The molecule has 358 valence electrons. The van der Waals surface area contributed by atoms with Crippen LogP contribution in [-0.2, 0) is 60.9 Å². The molecule has 3 heterocycles. The summed E-state index contributed by atoms with van der Waals surface area (Å²) >= 11 is 1.25. The second-order valence-corrected chi connectivity index (χ2v) is 18.1. The van der Waals surface area contributed by atoms with Crippen molar-refractivity contribution in [3.8, 4) is 5.75 Å². The number of phenolic OH excluding ortho intramolecular Hbond substituents is 1. The van der Waals surface area contributed by atoms with Crippen LogP contribution in [0.4, 0.5) is 5.69 Å². The molecule has 66 heavy (non-hydrogen) atoms. The molecular formula is C36H46N12O15S3. The molecule has 30 heteroatoms. The number of nitrogens with zero attached hydrogens (tertiary/aromatic N) is 3. The zero-order valence-corrected chi connectivity index (χ0v) is 36.9. The standard InChI is InChI=1S/C36H46N12O15S3/c37-26(51)8-19-34(59)46-21(31(38)56)14-65-66-15-22(40-11-28-39-3-4-64-28)35(60)44-20(9-30(54)55)33(58)41-10-27(52)43-18(5-16-1-2-25(50)23(6-16)48(62)63)32(57)42-12-29(53)47-13-17(49)7-24(47)36(61)45-19/h1-4,6,17-22,24,40,49-50H,5,7-15H2,(H2,37,51)(H2,38,56)(H,41,58)(H,42,57)(H,43,52)(H,44,60)(H,45,61)(H,46,59)(H,54,55)/t17-,18+,19+,20-,21-,22-,24+/m1/s1. The summed E-state index contributed by atoms with van der Waals surface area (Å²) in [5.41, 5.74) is 10.2. The smallest absolute Gasteiger partial charge is 0.310 e. The van der Waals surface area contributed by atoms with Crippen LogP contribution in [0.5, 0.6) is 5.75 Å². The number of phenols is 1. The number of amides is 9. The monoisotopic (exact) mass is 982 g/mol. The van der Waals surface area contributed by atoms with Gasteiger partial charge in [-0.2, -0.15) is 0 Å². The number of primary amides is 2. The van der Waals surface area contributed by atoms with Gasteiger partial charge in [-0.3, -0.25) is 63.4 Å². The lowest BCUT2D eigenvalue weighted by Gasteiger charge is -2.27. The van der Waals surface area contributed by atoms with Gasteiger partial charge in [-0.1, -0.05) is 27.7 Å². The van der Waals surface area contributed by atoms with E-state index in [0.717, 1.165) is 38.6 Å². The number of aromatic nitrogens is 1. The van der Waals surface area contributed by atoms with Crippen LogP contribution in [0.25, 0.3) is 0 Å². The van der Waals surface area contributed by atoms with Crippen molar-refractivity contribution in [3.63, 3.8) is 0 Å². The molecule has 0 bridgehead atoms. The van der Waals surface area contributed by atoms with E-state index in [1.807, 2.05) is 0 Å². The van der Waals surface area contributed by atoms with Crippen LogP contribution >= 0.6 is 32.9 Å². The topological polar surface area (TPSA) is 427 Å². The van der Waals surface area contributed by atoms with Gasteiger partial charge in [0.2, 0.25) is 53.2 Å². The average Bonchev–Trinajstić information content (AvgIpc) is 3.92. The van der Waals surface area contributed by atoms with E-state index < -0.39 is 157 Å². The number of nitro benzene ring substituents is 1. The van der Waals surface area contributed by atoms with E-state index in [1.165, 1.54) is 23.6 Å². The molecular weight excluding hydrogens is 937 g/mol. The molecule has 0 unspecified atom stereocenters. The average molecular weight is 983 g/mol. The molecule has 27 nitrogen and oxygen atoms in total. The summed E-state index contributed by atoms with van der Waals surface area (Å²) in [4.78, 5) is 146. The Morgan fingerprint density at radius 1 is 0.879 bits per heavy atom. The van der Waals surface area contributed by atoms with Gasteiger partial charge in [0.15, 0.2) is 5.75 Å². The number of nitrogens with one attached hydrogen (secondary N) is 7. The highest BCUT2D eigenvalue weighted by molar-refractivity contribution is 8.76. The zero-order valence-electron chi connectivity index (χ0n) is 34.5. The fourth-order valence-electron chi connectivity index (χ4n) is 6.36. The SMILES string of the molecule is NC(=O)C[C@@H]1NC(=O)[C@@H]2C[C@@H](O)CN2C(=O)CNC(=O)[C@H](Cc2ccc(O)c([N+](=O)[O-])c2)NC(=O)CNC(=O)[C@@H](CC(=O)O)NC(=O)[C@H](NCc2nccs2)CSSC[C@H](C(N)=O)NC1=O. The number of nitro groups is 1. The molecule has 2 saturated heterocycles. The van der Waals surface area contributed by atoms with Crippen LogP contribution in [0.15, 0.2) is 29.8 Å². The molecule has 9 amide bonds. The Morgan fingerprint density at radius 3 is 2.20 bits per heavy atom. The van der Waals surface area contributed by atoms with Gasteiger partial charge in [0, 0.05) is 55.1 Å². The molecule has 0 spiro atoms. The fraction of sp³-hybridized carbons (Fsp3) is 0.472. The summed E-state index contributed by atoms with van der Waals surface area (Å²) in [5, 5.41) is 60.5. The summed E-state index contributed by atoms with van der Waals surface area (Å²) in [6, 6.07) is -6.11. The van der Waals surface area contributed by atoms with Crippen LogP contribution in [0.3, 0.4) is 0 Å². The van der Waals surface area contributed by atoms with Gasteiger partial charge in [-0.15, -0.1) is 11.3 Å². The van der Waals surface area contributed by atoms with E-state index in [1.54, 1.807) is 5.38 Å². The van der Waals surface area contributed by atoms with E-state index in [4.69, 9.17) is 11.5 Å². The molecule has 0 saturated carbocycles. The molecule has 2 fully saturated rings. The molecule has 2 aliphatic rings. The van der Waals surface area contributed by atoms with E-state index >= 15 is 0 Å². The maximum Gasteiger partial charge on any atom is 0.310 e. The zero-order chi connectivity index (χ0) is 48.7. The van der Waals surface area contributed by atoms with Gasteiger partial charge in [-0.05, 0) is 11.6 Å². The van der Waals surface area contributed by atoms with Crippen molar-refractivity contribution < 1.29 is 68.2 Å². The minimum absolute atomic E-state index is 0.0323. The third-order valence-electron chi connectivity index (χ3n) is 9.63. The van der Waals surface area contributed by atoms with Crippen LogP contribution < -0.4 is 48.7 Å². The van der Waals surface area contributed by atoms with Gasteiger partial charge < -0.3 is 63.6 Å². The predicted octanol–water partition coefficient (Wildman–Crippen LogP) is -5.18. The normalized spacial score (nSPS) is 24.7. The Kier molecular flexibility index (Phi) is 19.4. The first kappa shape index (κ1) is 52.0. The molecule has 7 atom stereocenters. The molecule has 0 aliphatic carbocycles. The summed E-state index contributed by atoms with van der Waals surface area (Å²) < 4.78 is 0. The van der Waals surface area contributed by atoms with Crippen LogP contribution in [0.2, 0.25) is 0 Å². The van der Waals surface area contributed by atoms with Gasteiger partial charge in [0.1, 0.15) is 35.2 Å². The lowest BCUT2D eigenvalue weighted by atomic mass is 10.0. The Bertz CT molecular complexity index is 2190. The molecule has 14 N–H and O–H groups in total. The van der Waals surface area contributed by atoms with Gasteiger partial charge in [-0.25, -0.2) is 4.98 Å². The van der Waals surface area contributed by atoms with Crippen molar-refractivity contribution in [1.82, 2.24) is 47.1 Å². The first-order chi connectivity index (χ1) is 31.2. The van der Waals surface area contributed by atoms with Crippen molar-refractivity contribution in [1.29, 1.82) is 0 Å². The summed E-state index contributed by atoms with van der Waals surface area (Å²) in [5.74, 6) is -11.9. The minimum atomic E-state index is -1.76. The number of carbonyl (C=O) groups excluding carboxylic acids is 9. The van der Waals surface area contributed by atoms with E-state index in [2.05, 4.69) is 42.2 Å². The highest BCUT2D eigenvalue weighted by Crippen LogP contribution is 2.27. The van der Waals surface area contributed by atoms with Gasteiger partial charge in [0.25, 0.3) is 0 Å². The lowest BCUT2D eigenvalue weighted by molar-refractivity contribution is -0.385.